The van der Waals surface area contributed by atoms with Crippen LogP contribution in [0.4, 0.5) is 0 Å². The van der Waals surface area contributed by atoms with Gasteiger partial charge in [-0.15, -0.1) is 0 Å². The molecular weight excluding hydrogens is 292 g/mol. The molecule has 0 atom stereocenters. The highest BCUT2D eigenvalue weighted by molar-refractivity contribution is 5.83. The molecule has 0 aliphatic rings. The zero-order valence-corrected chi connectivity index (χ0v) is 15.4. The van der Waals surface area contributed by atoms with Gasteiger partial charge in [-0.05, 0) is 29.3 Å². The molecule has 0 radical (unpaired) electrons. The molecule has 0 heterocycles. The Morgan fingerprint density at radius 1 is 0.625 bits per heavy atom. The topological polar surface area (TPSA) is 9.23 Å². The second-order valence-corrected chi connectivity index (χ2v) is 6.89. The first-order valence-corrected chi connectivity index (χ1v) is 10.0. The molecule has 0 spiro atoms. The second-order valence-electron chi connectivity index (χ2n) is 6.89. The van der Waals surface area contributed by atoms with Crippen LogP contribution in [0.3, 0.4) is 0 Å². The Morgan fingerprint density at radius 3 is 1.88 bits per heavy atom. The lowest BCUT2D eigenvalue weighted by molar-refractivity contribution is 0.304. The lowest BCUT2D eigenvalue weighted by Gasteiger charge is -2.07. The van der Waals surface area contributed by atoms with Crippen LogP contribution in [0, 0.1) is 0 Å². The number of hydrogen-bond acceptors (Lipinski definition) is 1. The third kappa shape index (κ3) is 7.38. The zero-order chi connectivity index (χ0) is 16.9. The molecule has 0 saturated heterocycles. The number of fused-ring (bicyclic) bond motifs is 1. The maximum atomic E-state index is 5.90. The van der Waals surface area contributed by atoms with E-state index in [9.17, 15) is 0 Å². The van der Waals surface area contributed by atoms with E-state index in [4.69, 9.17) is 4.74 Å². The van der Waals surface area contributed by atoms with Gasteiger partial charge in [0.05, 0.1) is 6.61 Å². The maximum Gasteiger partial charge on any atom is 0.119 e. The molecule has 0 N–H and O–H groups in total. The molecule has 2 aromatic rings. The molecule has 0 amide bonds. The van der Waals surface area contributed by atoms with Gasteiger partial charge < -0.3 is 4.74 Å². The minimum Gasteiger partial charge on any atom is -0.494 e. The maximum absolute atomic E-state index is 5.90. The first kappa shape index (κ1) is 18.8. The fraction of sp³-hybridized carbons (Fsp3) is 0.565. The van der Waals surface area contributed by atoms with E-state index >= 15 is 0 Å². The van der Waals surface area contributed by atoms with Gasteiger partial charge in [-0.3, -0.25) is 0 Å². The highest BCUT2D eigenvalue weighted by Gasteiger charge is 1.97. The average molecular weight is 327 g/mol. The van der Waals surface area contributed by atoms with Gasteiger partial charge in [0.1, 0.15) is 5.75 Å². The largest absolute Gasteiger partial charge is 0.494 e. The normalized spacial score (nSPS) is 11.0. The molecule has 1 heteroatoms. The van der Waals surface area contributed by atoms with Crippen LogP contribution >= 0.6 is 0 Å². The van der Waals surface area contributed by atoms with Gasteiger partial charge in [0, 0.05) is 0 Å². The summed E-state index contributed by atoms with van der Waals surface area (Å²) in [5.41, 5.74) is 0. The summed E-state index contributed by atoms with van der Waals surface area (Å²) >= 11 is 0. The molecule has 24 heavy (non-hydrogen) atoms. The summed E-state index contributed by atoms with van der Waals surface area (Å²) in [6.45, 7) is 3.12. The predicted octanol–water partition coefficient (Wildman–Crippen LogP) is 7.53. The highest BCUT2D eigenvalue weighted by Crippen LogP contribution is 2.21. The van der Waals surface area contributed by atoms with E-state index in [1.807, 2.05) is 0 Å². The summed E-state index contributed by atoms with van der Waals surface area (Å²) < 4.78 is 5.90. The minimum absolute atomic E-state index is 0.843. The van der Waals surface area contributed by atoms with Crippen molar-refractivity contribution in [3.05, 3.63) is 42.5 Å². The van der Waals surface area contributed by atoms with Gasteiger partial charge >= 0.3 is 0 Å². The predicted molar refractivity (Wildman–Crippen MR) is 106 cm³/mol. The van der Waals surface area contributed by atoms with Crippen molar-refractivity contribution in [1.29, 1.82) is 0 Å². The fourth-order valence-corrected chi connectivity index (χ4v) is 3.21. The Bertz CT molecular complexity index is 561. The van der Waals surface area contributed by atoms with Gasteiger partial charge in [0.25, 0.3) is 0 Å². The fourth-order valence-electron chi connectivity index (χ4n) is 3.21. The third-order valence-electron chi connectivity index (χ3n) is 4.74. The van der Waals surface area contributed by atoms with Crippen molar-refractivity contribution >= 4 is 10.8 Å². The molecule has 0 aliphatic heterocycles. The Kier molecular flexibility index (Phi) is 9.38. The number of hydrogen-bond donors (Lipinski definition) is 0. The van der Waals surface area contributed by atoms with Crippen molar-refractivity contribution in [2.75, 3.05) is 6.61 Å². The van der Waals surface area contributed by atoms with Gasteiger partial charge in [0.15, 0.2) is 0 Å². The smallest absolute Gasteiger partial charge is 0.119 e. The summed E-state index contributed by atoms with van der Waals surface area (Å²) in [7, 11) is 0. The van der Waals surface area contributed by atoms with Crippen molar-refractivity contribution in [2.24, 2.45) is 0 Å². The van der Waals surface area contributed by atoms with Crippen LogP contribution in [0.5, 0.6) is 5.75 Å². The summed E-state index contributed by atoms with van der Waals surface area (Å²) in [6, 6.07) is 14.8. The third-order valence-corrected chi connectivity index (χ3v) is 4.74. The standard InChI is InChI=1S/C23H34O/c1-2-3-4-5-6-7-8-9-10-11-14-19-24-23-18-17-21-15-12-13-16-22(21)20-23/h12-13,15-18,20H,2-11,14,19H2,1H3. The number of rotatable bonds is 13. The van der Waals surface area contributed by atoms with Crippen molar-refractivity contribution in [1.82, 2.24) is 0 Å². The molecule has 0 bridgehead atoms. The summed E-state index contributed by atoms with van der Waals surface area (Å²) in [5, 5.41) is 2.54. The molecule has 2 rings (SSSR count). The molecular formula is C23H34O. The first-order chi connectivity index (χ1) is 11.9. The van der Waals surface area contributed by atoms with E-state index in [1.165, 1.54) is 81.4 Å². The van der Waals surface area contributed by atoms with Crippen molar-refractivity contribution in [3.8, 4) is 5.75 Å². The van der Waals surface area contributed by atoms with Crippen LogP contribution in [-0.4, -0.2) is 6.61 Å². The average Bonchev–Trinajstić information content (AvgIpc) is 2.62. The summed E-state index contributed by atoms with van der Waals surface area (Å²) in [5.74, 6) is 1.00. The molecule has 132 valence electrons. The van der Waals surface area contributed by atoms with Gasteiger partial charge in [0.2, 0.25) is 0 Å². The first-order valence-electron chi connectivity index (χ1n) is 10.0. The Labute approximate surface area is 148 Å². The Hall–Kier alpha value is -1.50. The molecule has 0 aliphatic carbocycles. The second kappa shape index (κ2) is 11.9. The van der Waals surface area contributed by atoms with Gasteiger partial charge in [-0.25, -0.2) is 0 Å². The molecule has 0 saturated carbocycles. The lowest BCUT2D eigenvalue weighted by atomic mass is 10.1. The quantitative estimate of drug-likeness (QED) is 0.346. The van der Waals surface area contributed by atoms with Crippen LogP contribution in [0.15, 0.2) is 42.5 Å². The van der Waals surface area contributed by atoms with E-state index in [2.05, 4.69) is 49.4 Å². The van der Waals surface area contributed by atoms with E-state index < -0.39 is 0 Å². The number of benzene rings is 2. The number of ether oxygens (including phenoxy) is 1. The highest BCUT2D eigenvalue weighted by atomic mass is 16.5. The van der Waals surface area contributed by atoms with Crippen LogP contribution in [-0.2, 0) is 0 Å². The SMILES string of the molecule is CCCCCCCCCCCCCOc1ccc2ccccc2c1. The molecule has 0 fully saturated rings. The molecule has 2 aromatic carbocycles. The lowest BCUT2D eigenvalue weighted by Crippen LogP contribution is -1.97. The summed E-state index contributed by atoms with van der Waals surface area (Å²) in [4.78, 5) is 0. The molecule has 0 unspecified atom stereocenters. The van der Waals surface area contributed by atoms with Crippen LogP contribution in [0.2, 0.25) is 0 Å². The van der Waals surface area contributed by atoms with E-state index in [0.717, 1.165) is 12.4 Å². The van der Waals surface area contributed by atoms with Crippen LogP contribution < -0.4 is 4.74 Å². The number of unbranched alkanes of at least 4 members (excludes halogenated alkanes) is 10. The molecule has 1 nitrogen and oxygen atoms in total. The van der Waals surface area contributed by atoms with Crippen LogP contribution in [0.25, 0.3) is 10.8 Å². The minimum atomic E-state index is 0.843. The Morgan fingerprint density at radius 2 is 1.21 bits per heavy atom. The van der Waals surface area contributed by atoms with E-state index in [-0.39, 0.29) is 0 Å². The summed E-state index contributed by atoms with van der Waals surface area (Å²) in [6.07, 6.45) is 15.1. The van der Waals surface area contributed by atoms with Crippen LogP contribution in [0.1, 0.15) is 77.6 Å². The molecule has 0 aromatic heterocycles. The van der Waals surface area contributed by atoms with Gasteiger partial charge in [-0.1, -0.05) is 101 Å². The van der Waals surface area contributed by atoms with Crippen molar-refractivity contribution in [2.45, 2.75) is 77.6 Å². The monoisotopic (exact) mass is 326 g/mol. The van der Waals surface area contributed by atoms with E-state index in [0.29, 0.717) is 0 Å². The van der Waals surface area contributed by atoms with Crippen molar-refractivity contribution < 1.29 is 4.74 Å². The Balaban J connectivity index is 1.46. The van der Waals surface area contributed by atoms with E-state index in [1.54, 1.807) is 0 Å². The zero-order valence-electron chi connectivity index (χ0n) is 15.4. The van der Waals surface area contributed by atoms with Gasteiger partial charge in [-0.2, -0.15) is 0 Å². The van der Waals surface area contributed by atoms with Crippen molar-refractivity contribution in [3.63, 3.8) is 0 Å².